The Morgan fingerprint density at radius 2 is 1.61 bits per heavy atom. The van der Waals surface area contributed by atoms with Crippen LogP contribution >= 0.6 is 12.2 Å². The van der Waals surface area contributed by atoms with Crippen molar-refractivity contribution in [1.29, 1.82) is 0 Å². The van der Waals surface area contributed by atoms with Crippen molar-refractivity contribution in [2.24, 2.45) is 0 Å². The molecule has 1 aliphatic rings. The Balaban J connectivity index is 1.49. The van der Waals surface area contributed by atoms with Crippen molar-refractivity contribution in [3.05, 3.63) is 48.5 Å². The SMILES string of the molecule is COc1ccc(OCC(=O)NC(=S)Nc2ccc(S(=O)(=O)N3CCCCC3)cc2)cc1. The molecule has 2 N–H and O–H groups in total. The van der Waals surface area contributed by atoms with Gasteiger partial charge in [-0.05, 0) is 73.6 Å². The first-order valence-electron chi connectivity index (χ1n) is 9.86. The molecule has 10 heteroatoms. The van der Waals surface area contributed by atoms with Crippen molar-refractivity contribution in [3.8, 4) is 11.5 Å². The van der Waals surface area contributed by atoms with Gasteiger partial charge >= 0.3 is 0 Å². The molecule has 8 nitrogen and oxygen atoms in total. The van der Waals surface area contributed by atoms with E-state index in [0.29, 0.717) is 30.3 Å². The Hall–Kier alpha value is -2.69. The summed E-state index contributed by atoms with van der Waals surface area (Å²) in [6.45, 7) is 0.898. The van der Waals surface area contributed by atoms with Crippen LogP contribution in [0.15, 0.2) is 53.4 Å². The lowest BCUT2D eigenvalue weighted by molar-refractivity contribution is -0.121. The second kappa shape index (κ2) is 10.6. The van der Waals surface area contributed by atoms with E-state index in [2.05, 4.69) is 10.6 Å². The molecule has 31 heavy (non-hydrogen) atoms. The molecule has 0 radical (unpaired) electrons. The third-order valence-electron chi connectivity index (χ3n) is 4.75. The molecule has 1 saturated heterocycles. The van der Waals surface area contributed by atoms with Crippen LogP contribution in [0.2, 0.25) is 0 Å². The summed E-state index contributed by atoms with van der Waals surface area (Å²) >= 11 is 5.14. The number of nitrogens with one attached hydrogen (secondary N) is 2. The Labute approximate surface area is 187 Å². The molecule has 0 bridgehead atoms. The summed E-state index contributed by atoms with van der Waals surface area (Å²) in [5, 5.41) is 5.48. The molecule has 0 atom stereocenters. The summed E-state index contributed by atoms with van der Waals surface area (Å²) in [5.41, 5.74) is 0.568. The summed E-state index contributed by atoms with van der Waals surface area (Å²) < 4.78 is 37.4. The summed E-state index contributed by atoms with van der Waals surface area (Å²) in [6.07, 6.45) is 2.83. The summed E-state index contributed by atoms with van der Waals surface area (Å²) in [5.74, 6) is 0.801. The highest BCUT2D eigenvalue weighted by Crippen LogP contribution is 2.22. The molecule has 0 saturated carbocycles. The van der Waals surface area contributed by atoms with Crippen LogP contribution in [-0.2, 0) is 14.8 Å². The normalized spacial score (nSPS) is 14.5. The number of ether oxygens (including phenoxy) is 2. The number of anilines is 1. The van der Waals surface area contributed by atoms with Gasteiger partial charge < -0.3 is 14.8 Å². The fourth-order valence-electron chi connectivity index (χ4n) is 3.11. The fourth-order valence-corrected chi connectivity index (χ4v) is 4.86. The minimum atomic E-state index is -3.49. The van der Waals surface area contributed by atoms with Gasteiger partial charge in [0.25, 0.3) is 5.91 Å². The number of carbonyl (C=O) groups excluding carboxylic acids is 1. The average Bonchev–Trinajstić information content (AvgIpc) is 2.79. The second-order valence-electron chi connectivity index (χ2n) is 6.96. The predicted molar refractivity (Wildman–Crippen MR) is 122 cm³/mol. The first-order chi connectivity index (χ1) is 14.9. The van der Waals surface area contributed by atoms with Gasteiger partial charge in [-0.3, -0.25) is 10.1 Å². The Morgan fingerprint density at radius 1 is 1.00 bits per heavy atom. The van der Waals surface area contributed by atoms with Gasteiger partial charge in [0.2, 0.25) is 10.0 Å². The predicted octanol–water partition coefficient (Wildman–Crippen LogP) is 2.76. The van der Waals surface area contributed by atoms with Gasteiger partial charge in [0.05, 0.1) is 12.0 Å². The maximum atomic E-state index is 12.7. The highest BCUT2D eigenvalue weighted by Gasteiger charge is 2.25. The van der Waals surface area contributed by atoms with Crippen molar-refractivity contribution in [2.45, 2.75) is 24.2 Å². The maximum absolute atomic E-state index is 12.7. The molecule has 0 unspecified atom stereocenters. The van der Waals surface area contributed by atoms with Gasteiger partial charge in [-0.1, -0.05) is 6.42 Å². The molecular weight excluding hydrogens is 438 g/mol. The molecule has 3 rings (SSSR count). The summed E-state index contributed by atoms with van der Waals surface area (Å²) in [7, 11) is -1.92. The second-order valence-corrected chi connectivity index (χ2v) is 9.30. The zero-order valence-corrected chi connectivity index (χ0v) is 18.8. The van der Waals surface area contributed by atoms with Gasteiger partial charge in [-0.15, -0.1) is 0 Å². The van der Waals surface area contributed by atoms with Crippen molar-refractivity contribution < 1.29 is 22.7 Å². The van der Waals surface area contributed by atoms with Crippen LogP contribution in [0.1, 0.15) is 19.3 Å². The van der Waals surface area contributed by atoms with E-state index in [1.54, 1.807) is 43.5 Å². The molecule has 0 spiro atoms. The highest BCUT2D eigenvalue weighted by molar-refractivity contribution is 7.89. The lowest BCUT2D eigenvalue weighted by Crippen LogP contribution is -2.37. The number of hydrogen-bond acceptors (Lipinski definition) is 6. The molecule has 0 aliphatic carbocycles. The van der Waals surface area contributed by atoms with E-state index in [1.165, 1.54) is 16.4 Å². The zero-order chi connectivity index (χ0) is 22.3. The van der Waals surface area contributed by atoms with E-state index >= 15 is 0 Å². The first-order valence-corrected chi connectivity index (χ1v) is 11.7. The van der Waals surface area contributed by atoms with Crippen molar-refractivity contribution in [1.82, 2.24) is 9.62 Å². The molecule has 1 amide bonds. The number of sulfonamides is 1. The molecule has 166 valence electrons. The number of piperidine rings is 1. The van der Waals surface area contributed by atoms with Gasteiger partial charge in [-0.25, -0.2) is 8.42 Å². The molecule has 2 aromatic rings. The number of nitrogens with zero attached hydrogens (tertiary/aromatic N) is 1. The third kappa shape index (κ3) is 6.39. The van der Waals surface area contributed by atoms with Crippen LogP contribution < -0.4 is 20.1 Å². The molecular formula is C21H25N3O5S2. The van der Waals surface area contributed by atoms with Crippen molar-refractivity contribution in [3.63, 3.8) is 0 Å². The number of amides is 1. The molecule has 1 heterocycles. The number of hydrogen-bond donors (Lipinski definition) is 2. The average molecular weight is 464 g/mol. The van der Waals surface area contributed by atoms with Crippen molar-refractivity contribution >= 4 is 38.9 Å². The van der Waals surface area contributed by atoms with E-state index in [0.717, 1.165) is 19.3 Å². The van der Waals surface area contributed by atoms with Crippen LogP contribution in [0.4, 0.5) is 5.69 Å². The third-order valence-corrected chi connectivity index (χ3v) is 6.86. The van der Waals surface area contributed by atoms with E-state index in [-0.39, 0.29) is 16.6 Å². The van der Waals surface area contributed by atoms with Gasteiger partial charge in [0.1, 0.15) is 11.5 Å². The number of benzene rings is 2. The zero-order valence-electron chi connectivity index (χ0n) is 17.2. The van der Waals surface area contributed by atoms with Crippen molar-refractivity contribution in [2.75, 3.05) is 32.1 Å². The quantitative estimate of drug-likeness (QED) is 0.610. The molecule has 0 aromatic heterocycles. The van der Waals surface area contributed by atoms with Crippen LogP contribution in [0, 0.1) is 0 Å². The fraction of sp³-hybridized carbons (Fsp3) is 0.333. The van der Waals surface area contributed by atoms with Gasteiger partial charge in [-0.2, -0.15) is 4.31 Å². The van der Waals surface area contributed by atoms with Crippen LogP contribution in [0.5, 0.6) is 11.5 Å². The monoisotopic (exact) mass is 463 g/mol. The summed E-state index contributed by atoms with van der Waals surface area (Å²) in [4.78, 5) is 12.3. The number of thiocarbonyl (C=S) groups is 1. The van der Waals surface area contributed by atoms with E-state index in [9.17, 15) is 13.2 Å². The first kappa shape index (κ1) is 23.0. The van der Waals surface area contributed by atoms with Gasteiger partial charge in [0, 0.05) is 18.8 Å². The van der Waals surface area contributed by atoms with E-state index < -0.39 is 15.9 Å². The highest BCUT2D eigenvalue weighted by atomic mass is 32.2. The topological polar surface area (TPSA) is 97.0 Å². The number of rotatable bonds is 7. The smallest absolute Gasteiger partial charge is 0.264 e. The van der Waals surface area contributed by atoms with E-state index in [4.69, 9.17) is 21.7 Å². The minimum Gasteiger partial charge on any atom is -0.497 e. The minimum absolute atomic E-state index is 0.0926. The number of methoxy groups -OCH3 is 1. The number of carbonyl (C=O) groups is 1. The molecule has 2 aromatic carbocycles. The molecule has 1 aliphatic heterocycles. The standard InChI is InChI=1S/C21H25N3O5S2/c1-28-17-7-9-18(10-8-17)29-15-20(25)23-21(30)22-16-5-11-19(12-6-16)31(26,27)24-13-3-2-4-14-24/h5-12H,2-4,13-15H2,1H3,(H2,22,23,25,30). The Morgan fingerprint density at radius 3 is 2.23 bits per heavy atom. The Kier molecular flexibility index (Phi) is 7.83. The lowest BCUT2D eigenvalue weighted by atomic mass is 10.2. The van der Waals surface area contributed by atoms with Crippen LogP contribution in [0.25, 0.3) is 0 Å². The van der Waals surface area contributed by atoms with Crippen LogP contribution in [-0.4, -0.2) is 50.5 Å². The molecule has 1 fully saturated rings. The Bertz CT molecular complexity index is 1000. The largest absolute Gasteiger partial charge is 0.497 e. The van der Waals surface area contributed by atoms with E-state index in [1.807, 2.05) is 0 Å². The van der Waals surface area contributed by atoms with Crippen LogP contribution in [0.3, 0.4) is 0 Å². The maximum Gasteiger partial charge on any atom is 0.264 e. The summed E-state index contributed by atoms with van der Waals surface area (Å²) in [6, 6.07) is 13.1. The van der Waals surface area contributed by atoms with Gasteiger partial charge in [0.15, 0.2) is 11.7 Å². The lowest BCUT2D eigenvalue weighted by Gasteiger charge is -2.25.